The van der Waals surface area contributed by atoms with Gasteiger partial charge in [0.05, 0.1) is 21.6 Å². The van der Waals surface area contributed by atoms with Crippen LogP contribution in [-0.4, -0.2) is 30.4 Å². The maximum Gasteiger partial charge on any atom is 0.320 e. The summed E-state index contributed by atoms with van der Waals surface area (Å²) in [6, 6.07) is 0. The Hall–Kier alpha value is -2.23. The van der Waals surface area contributed by atoms with Crippen molar-refractivity contribution < 1.29 is 9.72 Å². The van der Waals surface area contributed by atoms with Crippen LogP contribution in [0.3, 0.4) is 0 Å². The van der Waals surface area contributed by atoms with Crippen LogP contribution in [0.15, 0.2) is 16.9 Å². The third-order valence-electron chi connectivity index (χ3n) is 2.86. The number of aromatic nitrogens is 4. The summed E-state index contributed by atoms with van der Waals surface area (Å²) in [7, 11) is 1.48. The molecule has 0 aliphatic rings. The second-order valence-corrected chi connectivity index (χ2v) is 5.08. The summed E-state index contributed by atoms with van der Waals surface area (Å²) >= 11 is 3.35. The summed E-state index contributed by atoms with van der Waals surface area (Å²) in [6.45, 7) is 2.81. The molecule has 112 valence electrons. The Balaban J connectivity index is 2.13. The third-order valence-corrected chi connectivity index (χ3v) is 3.52. The average Bonchev–Trinajstić information content (AvgIpc) is 2.99. The van der Waals surface area contributed by atoms with Gasteiger partial charge < -0.3 is 5.32 Å². The van der Waals surface area contributed by atoms with Crippen molar-refractivity contribution in [2.45, 2.75) is 20.0 Å². The zero-order valence-electron chi connectivity index (χ0n) is 11.4. The largest absolute Gasteiger partial charge is 0.345 e. The minimum atomic E-state index is -0.635. The molecule has 0 fully saturated rings. The summed E-state index contributed by atoms with van der Waals surface area (Å²) in [6.07, 6.45) is 2.85. The highest BCUT2D eigenvalue weighted by atomic mass is 79.9. The molecule has 2 aromatic rings. The van der Waals surface area contributed by atoms with Gasteiger partial charge in [-0.15, -0.1) is 0 Å². The fourth-order valence-electron chi connectivity index (χ4n) is 1.79. The second kappa shape index (κ2) is 6.04. The van der Waals surface area contributed by atoms with Gasteiger partial charge in [-0.05, 0) is 22.9 Å². The van der Waals surface area contributed by atoms with E-state index >= 15 is 0 Å². The van der Waals surface area contributed by atoms with Crippen LogP contribution in [-0.2, 0) is 20.1 Å². The molecule has 0 spiro atoms. The molecule has 1 amide bonds. The van der Waals surface area contributed by atoms with Gasteiger partial charge >= 0.3 is 5.69 Å². The number of nitrogens with one attached hydrogen (secondary N) is 1. The van der Waals surface area contributed by atoms with Crippen molar-refractivity contribution >= 4 is 27.5 Å². The molecular weight excluding hydrogens is 344 g/mol. The Kier molecular flexibility index (Phi) is 4.36. The number of nitrogens with zero attached hydrogens (tertiary/aromatic N) is 5. The number of halogens is 1. The van der Waals surface area contributed by atoms with Crippen molar-refractivity contribution in [3.63, 3.8) is 0 Å². The SMILES string of the molecule is CCn1cc(Br)c(CNC(=O)c2c([N+](=O)[O-])cnn2C)n1. The smallest absolute Gasteiger partial charge is 0.320 e. The van der Waals surface area contributed by atoms with Gasteiger partial charge in [-0.1, -0.05) is 0 Å². The molecule has 0 saturated carbocycles. The predicted octanol–water partition coefficient (Wildman–Crippen LogP) is 1.24. The van der Waals surface area contributed by atoms with Crippen molar-refractivity contribution in [2.24, 2.45) is 7.05 Å². The molecule has 0 unspecified atom stereocenters. The first kappa shape index (κ1) is 15.2. The number of amides is 1. The van der Waals surface area contributed by atoms with Crippen LogP contribution in [0.5, 0.6) is 0 Å². The van der Waals surface area contributed by atoms with Crippen LogP contribution in [0.1, 0.15) is 23.1 Å². The summed E-state index contributed by atoms with van der Waals surface area (Å²) in [5.41, 5.74) is 0.231. The lowest BCUT2D eigenvalue weighted by atomic mass is 10.3. The molecule has 0 aliphatic heterocycles. The molecule has 0 atom stereocenters. The standard InChI is InChI=1S/C11H13BrN6O3/c1-3-17-6-7(12)8(15-17)4-13-11(19)10-9(18(20)21)5-14-16(10)2/h5-6H,3-4H2,1-2H3,(H,13,19). The Morgan fingerprint density at radius 2 is 2.29 bits per heavy atom. The van der Waals surface area contributed by atoms with Gasteiger partial charge in [0.25, 0.3) is 5.91 Å². The summed E-state index contributed by atoms with van der Waals surface area (Å²) in [5.74, 6) is -0.570. The molecule has 2 aromatic heterocycles. The van der Waals surface area contributed by atoms with E-state index in [4.69, 9.17) is 0 Å². The molecule has 2 heterocycles. The minimum absolute atomic E-state index is 0.0916. The van der Waals surface area contributed by atoms with Gasteiger partial charge in [0.15, 0.2) is 0 Å². The monoisotopic (exact) mass is 356 g/mol. The molecule has 0 bridgehead atoms. The number of carbonyl (C=O) groups excluding carboxylic acids is 1. The molecule has 0 radical (unpaired) electrons. The van der Waals surface area contributed by atoms with Gasteiger partial charge in [-0.2, -0.15) is 10.2 Å². The van der Waals surface area contributed by atoms with Crippen LogP contribution in [0, 0.1) is 10.1 Å². The fraction of sp³-hybridized carbons (Fsp3) is 0.364. The number of nitro groups is 1. The topological polar surface area (TPSA) is 108 Å². The van der Waals surface area contributed by atoms with E-state index in [0.717, 1.165) is 10.7 Å². The van der Waals surface area contributed by atoms with E-state index in [1.807, 2.05) is 6.92 Å². The summed E-state index contributed by atoms with van der Waals surface area (Å²) in [5, 5.41) is 21.5. The van der Waals surface area contributed by atoms with Crippen molar-refractivity contribution in [1.29, 1.82) is 0 Å². The molecule has 2 rings (SSSR count). The van der Waals surface area contributed by atoms with Gasteiger partial charge in [-0.25, -0.2) is 0 Å². The first-order chi connectivity index (χ1) is 9.93. The zero-order chi connectivity index (χ0) is 15.6. The summed E-state index contributed by atoms with van der Waals surface area (Å²) < 4.78 is 3.66. The first-order valence-corrected chi connectivity index (χ1v) is 6.89. The van der Waals surface area contributed by atoms with E-state index in [9.17, 15) is 14.9 Å². The Morgan fingerprint density at radius 1 is 1.57 bits per heavy atom. The van der Waals surface area contributed by atoms with E-state index in [1.165, 1.54) is 11.7 Å². The number of carbonyl (C=O) groups is 1. The van der Waals surface area contributed by atoms with E-state index in [1.54, 1.807) is 10.9 Å². The fourth-order valence-corrected chi connectivity index (χ4v) is 2.25. The van der Waals surface area contributed by atoms with Crippen LogP contribution in [0.2, 0.25) is 0 Å². The van der Waals surface area contributed by atoms with Crippen molar-refractivity contribution in [1.82, 2.24) is 24.9 Å². The lowest BCUT2D eigenvalue weighted by molar-refractivity contribution is -0.385. The van der Waals surface area contributed by atoms with E-state index in [-0.39, 0.29) is 17.9 Å². The molecule has 10 heteroatoms. The summed E-state index contributed by atoms with van der Waals surface area (Å²) in [4.78, 5) is 22.3. The van der Waals surface area contributed by atoms with Crippen molar-refractivity contribution in [3.05, 3.63) is 38.4 Å². The third kappa shape index (κ3) is 3.10. The number of rotatable bonds is 5. The lowest BCUT2D eigenvalue weighted by Crippen LogP contribution is -2.26. The average molecular weight is 357 g/mol. The van der Waals surface area contributed by atoms with E-state index in [2.05, 4.69) is 31.4 Å². The number of hydrogen-bond donors (Lipinski definition) is 1. The van der Waals surface area contributed by atoms with Crippen molar-refractivity contribution in [2.75, 3.05) is 0 Å². The van der Waals surface area contributed by atoms with Crippen molar-refractivity contribution in [3.8, 4) is 0 Å². The molecule has 0 saturated heterocycles. The Morgan fingerprint density at radius 3 is 2.86 bits per heavy atom. The highest BCUT2D eigenvalue weighted by Gasteiger charge is 2.25. The van der Waals surface area contributed by atoms with E-state index in [0.29, 0.717) is 12.2 Å². The van der Waals surface area contributed by atoms with Gasteiger partial charge in [-0.3, -0.25) is 24.3 Å². The van der Waals surface area contributed by atoms with Gasteiger partial charge in [0.2, 0.25) is 5.69 Å². The molecule has 21 heavy (non-hydrogen) atoms. The lowest BCUT2D eigenvalue weighted by Gasteiger charge is -2.04. The second-order valence-electron chi connectivity index (χ2n) is 4.22. The first-order valence-electron chi connectivity index (χ1n) is 6.10. The highest BCUT2D eigenvalue weighted by Crippen LogP contribution is 2.18. The molecule has 0 aliphatic carbocycles. The van der Waals surface area contributed by atoms with Crippen LogP contribution in [0.4, 0.5) is 5.69 Å². The zero-order valence-corrected chi connectivity index (χ0v) is 13.0. The molecule has 9 nitrogen and oxygen atoms in total. The van der Waals surface area contributed by atoms with Crippen LogP contribution >= 0.6 is 15.9 Å². The highest BCUT2D eigenvalue weighted by molar-refractivity contribution is 9.10. The normalized spacial score (nSPS) is 10.6. The van der Waals surface area contributed by atoms with Gasteiger partial charge in [0, 0.05) is 19.8 Å². The van der Waals surface area contributed by atoms with Gasteiger partial charge in [0.1, 0.15) is 6.20 Å². The Bertz CT molecular complexity index is 692. The maximum absolute atomic E-state index is 12.1. The maximum atomic E-state index is 12.1. The molecular formula is C11H13BrN6O3. The Labute approximate surface area is 128 Å². The van der Waals surface area contributed by atoms with Crippen LogP contribution < -0.4 is 5.32 Å². The van der Waals surface area contributed by atoms with Crippen LogP contribution in [0.25, 0.3) is 0 Å². The van der Waals surface area contributed by atoms with E-state index < -0.39 is 10.8 Å². The molecule has 1 N–H and O–H groups in total. The number of hydrogen-bond acceptors (Lipinski definition) is 5. The molecule has 0 aromatic carbocycles. The minimum Gasteiger partial charge on any atom is -0.345 e. The number of aryl methyl sites for hydroxylation is 2. The predicted molar refractivity (Wildman–Crippen MR) is 76.6 cm³/mol. The quantitative estimate of drug-likeness (QED) is 0.640.